The minimum Gasteiger partial charge on any atom is -0.396 e. The normalized spacial score (nSPS) is 12.8. The van der Waals surface area contributed by atoms with E-state index < -0.39 is 0 Å². The maximum atomic E-state index is 8.62. The van der Waals surface area contributed by atoms with Crippen LogP contribution in [0.15, 0.2) is 23.2 Å². The fraction of sp³-hybridized carbons (Fsp3) is 0.500. The molecule has 1 aromatic heterocycles. The van der Waals surface area contributed by atoms with Crippen molar-refractivity contribution in [1.82, 2.24) is 4.98 Å². The fourth-order valence-electron chi connectivity index (χ4n) is 1.00. The van der Waals surface area contributed by atoms with Crippen molar-refractivity contribution in [1.29, 1.82) is 0 Å². The highest BCUT2D eigenvalue weighted by Gasteiger charge is 2.00. The number of hydrogen-bond acceptors (Lipinski definition) is 4. The first-order chi connectivity index (χ1) is 6.74. The molecule has 0 spiro atoms. The van der Waals surface area contributed by atoms with Gasteiger partial charge in [-0.3, -0.25) is 4.98 Å². The lowest BCUT2D eigenvalue weighted by Gasteiger charge is -2.05. The molecule has 0 bridgehead atoms. The van der Waals surface area contributed by atoms with Gasteiger partial charge in [0.1, 0.15) is 0 Å². The standard InChI is InChI=1S/C10H16N2OS/c1-8(11)10-4-3-9(7-12-10)14-6-2-5-13/h3-4,7-8,13H,2,5-6,11H2,1H3/t8-/m0/s1. The number of hydrogen-bond donors (Lipinski definition) is 2. The smallest absolute Gasteiger partial charge is 0.0569 e. The van der Waals surface area contributed by atoms with Crippen LogP contribution in [0.25, 0.3) is 0 Å². The maximum absolute atomic E-state index is 8.62. The molecule has 78 valence electrons. The third kappa shape index (κ3) is 3.65. The van der Waals surface area contributed by atoms with Crippen molar-refractivity contribution in [2.24, 2.45) is 5.73 Å². The van der Waals surface area contributed by atoms with E-state index in [2.05, 4.69) is 4.98 Å². The SMILES string of the molecule is C[C@H](N)c1ccc(SCCCO)cn1. The van der Waals surface area contributed by atoms with Gasteiger partial charge < -0.3 is 10.8 Å². The molecule has 0 radical (unpaired) electrons. The summed E-state index contributed by atoms with van der Waals surface area (Å²) in [6.45, 7) is 2.17. The molecule has 0 aliphatic heterocycles. The monoisotopic (exact) mass is 212 g/mol. The zero-order valence-electron chi connectivity index (χ0n) is 8.31. The summed E-state index contributed by atoms with van der Waals surface area (Å²) in [4.78, 5) is 5.38. The summed E-state index contributed by atoms with van der Waals surface area (Å²) in [7, 11) is 0. The van der Waals surface area contributed by atoms with Crippen LogP contribution in [0.5, 0.6) is 0 Å². The van der Waals surface area contributed by atoms with E-state index in [4.69, 9.17) is 10.8 Å². The van der Waals surface area contributed by atoms with E-state index in [-0.39, 0.29) is 12.6 Å². The van der Waals surface area contributed by atoms with Crippen LogP contribution in [0, 0.1) is 0 Å². The topological polar surface area (TPSA) is 59.1 Å². The second-order valence-corrected chi connectivity index (χ2v) is 4.30. The summed E-state index contributed by atoms with van der Waals surface area (Å²) < 4.78 is 0. The summed E-state index contributed by atoms with van der Waals surface area (Å²) >= 11 is 1.70. The highest BCUT2D eigenvalue weighted by atomic mass is 32.2. The summed E-state index contributed by atoms with van der Waals surface area (Å²) in [6.07, 6.45) is 2.65. The van der Waals surface area contributed by atoms with Crippen molar-refractivity contribution in [3.8, 4) is 0 Å². The van der Waals surface area contributed by atoms with Crippen molar-refractivity contribution >= 4 is 11.8 Å². The molecule has 0 aliphatic rings. The quantitative estimate of drug-likeness (QED) is 0.574. The van der Waals surface area contributed by atoms with Crippen LogP contribution >= 0.6 is 11.8 Å². The molecule has 0 saturated carbocycles. The fourth-order valence-corrected chi connectivity index (χ4v) is 1.80. The van der Waals surface area contributed by atoms with Gasteiger partial charge in [-0.15, -0.1) is 11.8 Å². The Bertz CT molecular complexity index is 261. The van der Waals surface area contributed by atoms with Crippen molar-refractivity contribution in [3.63, 3.8) is 0 Å². The molecule has 1 aromatic rings. The first-order valence-electron chi connectivity index (χ1n) is 4.69. The predicted molar refractivity (Wildman–Crippen MR) is 59.3 cm³/mol. The van der Waals surface area contributed by atoms with Crippen LogP contribution < -0.4 is 5.73 Å². The van der Waals surface area contributed by atoms with Crippen LogP contribution in [-0.4, -0.2) is 22.5 Å². The number of pyridine rings is 1. The minimum absolute atomic E-state index is 0.00788. The molecule has 0 aromatic carbocycles. The molecule has 4 heteroatoms. The lowest BCUT2D eigenvalue weighted by atomic mass is 10.2. The summed E-state index contributed by atoms with van der Waals surface area (Å²) in [5, 5.41) is 8.62. The molecule has 0 fully saturated rings. The zero-order valence-corrected chi connectivity index (χ0v) is 9.13. The third-order valence-corrected chi connectivity index (χ3v) is 2.86. The average Bonchev–Trinajstić information content (AvgIpc) is 2.19. The zero-order chi connectivity index (χ0) is 10.4. The van der Waals surface area contributed by atoms with Crippen molar-refractivity contribution in [2.45, 2.75) is 24.3 Å². The number of aliphatic hydroxyl groups is 1. The highest BCUT2D eigenvalue weighted by molar-refractivity contribution is 7.99. The second kappa shape index (κ2) is 6.01. The van der Waals surface area contributed by atoms with Crippen molar-refractivity contribution < 1.29 is 5.11 Å². The Morgan fingerprint density at radius 2 is 2.36 bits per heavy atom. The van der Waals surface area contributed by atoms with Gasteiger partial charge in [0, 0.05) is 29.5 Å². The number of nitrogens with zero attached hydrogens (tertiary/aromatic N) is 1. The van der Waals surface area contributed by atoms with Gasteiger partial charge in [-0.25, -0.2) is 0 Å². The van der Waals surface area contributed by atoms with Gasteiger partial charge in [-0.1, -0.05) is 0 Å². The number of thioether (sulfide) groups is 1. The van der Waals surface area contributed by atoms with Crippen LogP contribution in [0.4, 0.5) is 0 Å². The van der Waals surface area contributed by atoms with E-state index in [0.717, 1.165) is 22.8 Å². The Morgan fingerprint density at radius 1 is 1.57 bits per heavy atom. The second-order valence-electron chi connectivity index (χ2n) is 3.13. The lowest BCUT2D eigenvalue weighted by molar-refractivity contribution is 0.296. The molecule has 3 nitrogen and oxygen atoms in total. The molecule has 0 saturated heterocycles. The first kappa shape index (κ1) is 11.5. The molecule has 0 unspecified atom stereocenters. The summed E-state index contributed by atoms with van der Waals surface area (Å²) in [5.41, 5.74) is 6.60. The highest BCUT2D eigenvalue weighted by Crippen LogP contribution is 2.18. The van der Waals surface area contributed by atoms with Crippen LogP contribution in [-0.2, 0) is 0 Å². The van der Waals surface area contributed by atoms with E-state index >= 15 is 0 Å². The van der Waals surface area contributed by atoms with E-state index in [1.54, 1.807) is 11.8 Å². The van der Waals surface area contributed by atoms with Gasteiger partial charge >= 0.3 is 0 Å². The molecule has 1 rings (SSSR count). The van der Waals surface area contributed by atoms with Gasteiger partial charge in [0.15, 0.2) is 0 Å². The average molecular weight is 212 g/mol. The Kier molecular flexibility index (Phi) is 4.93. The number of aromatic nitrogens is 1. The molecule has 0 amide bonds. The van der Waals surface area contributed by atoms with Crippen molar-refractivity contribution in [3.05, 3.63) is 24.0 Å². The predicted octanol–water partition coefficient (Wildman–Crippen LogP) is 1.58. The summed E-state index contributed by atoms with van der Waals surface area (Å²) in [5.74, 6) is 0.926. The molecule has 14 heavy (non-hydrogen) atoms. The summed E-state index contributed by atoms with van der Waals surface area (Å²) in [6, 6.07) is 3.96. The van der Waals surface area contributed by atoms with E-state index in [9.17, 15) is 0 Å². The van der Waals surface area contributed by atoms with E-state index in [1.165, 1.54) is 0 Å². The Morgan fingerprint density at radius 3 is 2.86 bits per heavy atom. The molecule has 3 N–H and O–H groups in total. The third-order valence-electron chi connectivity index (χ3n) is 1.80. The molecule has 0 aliphatic carbocycles. The molecular weight excluding hydrogens is 196 g/mol. The molecule has 1 heterocycles. The Balaban J connectivity index is 2.47. The minimum atomic E-state index is -0.00788. The van der Waals surface area contributed by atoms with Crippen molar-refractivity contribution in [2.75, 3.05) is 12.4 Å². The number of rotatable bonds is 5. The molecule has 1 atom stereocenters. The van der Waals surface area contributed by atoms with Crippen LogP contribution in [0.2, 0.25) is 0 Å². The number of aliphatic hydroxyl groups excluding tert-OH is 1. The Hall–Kier alpha value is -0.580. The largest absolute Gasteiger partial charge is 0.396 e. The van der Waals surface area contributed by atoms with Gasteiger partial charge in [0.05, 0.1) is 5.69 Å². The van der Waals surface area contributed by atoms with Gasteiger partial charge in [-0.2, -0.15) is 0 Å². The van der Waals surface area contributed by atoms with Crippen LogP contribution in [0.3, 0.4) is 0 Å². The van der Waals surface area contributed by atoms with Gasteiger partial charge in [-0.05, 0) is 25.5 Å². The maximum Gasteiger partial charge on any atom is 0.0569 e. The van der Waals surface area contributed by atoms with Gasteiger partial charge in [0.2, 0.25) is 0 Å². The van der Waals surface area contributed by atoms with Gasteiger partial charge in [0.25, 0.3) is 0 Å². The number of nitrogens with two attached hydrogens (primary N) is 1. The lowest BCUT2D eigenvalue weighted by Crippen LogP contribution is -2.06. The Labute approximate surface area is 88.7 Å². The van der Waals surface area contributed by atoms with E-state index in [1.807, 2.05) is 25.3 Å². The molecular formula is C10H16N2OS. The van der Waals surface area contributed by atoms with Crippen LogP contribution in [0.1, 0.15) is 25.1 Å². The first-order valence-corrected chi connectivity index (χ1v) is 5.68. The van der Waals surface area contributed by atoms with E-state index in [0.29, 0.717) is 0 Å².